The van der Waals surface area contributed by atoms with Crippen LogP contribution < -0.4 is 5.32 Å². The fourth-order valence-corrected chi connectivity index (χ4v) is 3.84. The molecule has 24 heavy (non-hydrogen) atoms. The lowest BCUT2D eigenvalue weighted by molar-refractivity contribution is 0.0730. The third-order valence-electron chi connectivity index (χ3n) is 3.71. The van der Waals surface area contributed by atoms with Crippen LogP contribution in [0.1, 0.15) is 18.6 Å². The summed E-state index contributed by atoms with van der Waals surface area (Å²) in [5.41, 5.74) is 0.681. The van der Waals surface area contributed by atoms with Gasteiger partial charge in [0.25, 0.3) is 0 Å². The van der Waals surface area contributed by atoms with E-state index in [1.54, 1.807) is 24.3 Å². The Bertz CT molecular complexity index is 784. The van der Waals surface area contributed by atoms with E-state index in [1.165, 1.54) is 4.31 Å². The van der Waals surface area contributed by atoms with E-state index in [2.05, 4.69) is 15.5 Å². The fraction of sp³-hybridized carbons (Fsp3) is 0.467. The number of nitrogens with zero attached hydrogens (tertiary/aromatic N) is 3. The highest BCUT2D eigenvalue weighted by Crippen LogP contribution is 2.20. The standard InChI is InChI=1S/C15H20N4O4S/c1-2-14-17-15(23-18-14)11-16-12-4-3-5-13(10-12)24(20,21)19-6-8-22-9-7-19/h3-5,10,16H,2,6-9,11H2,1H3. The number of aryl methyl sites for hydroxylation is 1. The van der Waals surface area contributed by atoms with Crippen molar-refractivity contribution >= 4 is 15.7 Å². The quantitative estimate of drug-likeness (QED) is 0.836. The lowest BCUT2D eigenvalue weighted by Crippen LogP contribution is -2.40. The Hall–Kier alpha value is -1.97. The molecule has 1 fully saturated rings. The van der Waals surface area contributed by atoms with Crippen LogP contribution in [-0.4, -0.2) is 49.2 Å². The second-order valence-electron chi connectivity index (χ2n) is 5.36. The summed E-state index contributed by atoms with van der Waals surface area (Å²) < 4.78 is 37.1. The Kier molecular flexibility index (Phi) is 5.12. The van der Waals surface area contributed by atoms with Crippen LogP contribution in [0.25, 0.3) is 0 Å². The first-order valence-electron chi connectivity index (χ1n) is 7.83. The predicted octanol–water partition coefficient (Wildman–Crippen LogP) is 1.26. The summed E-state index contributed by atoms with van der Waals surface area (Å²) in [6, 6.07) is 6.72. The summed E-state index contributed by atoms with van der Waals surface area (Å²) in [4.78, 5) is 4.47. The lowest BCUT2D eigenvalue weighted by Gasteiger charge is -2.26. The van der Waals surface area contributed by atoms with Gasteiger partial charge in [-0.05, 0) is 18.2 Å². The van der Waals surface area contributed by atoms with Crippen molar-refractivity contribution in [3.8, 4) is 0 Å². The topological polar surface area (TPSA) is 97.6 Å². The molecule has 1 saturated heterocycles. The SMILES string of the molecule is CCc1noc(CNc2cccc(S(=O)(=O)N3CCOCC3)c2)n1. The molecule has 3 rings (SSSR count). The second kappa shape index (κ2) is 7.29. The molecule has 0 saturated carbocycles. The van der Waals surface area contributed by atoms with Gasteiger partial charge in [0.15, 0.2) is 5.82 Å². The van der Waals surface area contributed by atoms with Crippen molar-refractivity contribution in [1.82, 2.24) is 14.4 Å². The second-order valence-corrected chi connectivity index (χ2v) is 7.29. The summed E-state index contributed by atoms with van der Waals surface area (Å²) >= 11 is 0. The molecule has 1 aromatic heterocycles. The van der Waals surface area contributed by atoms with Crippen LogP contribution in [0, 0.1) is 0 Å². The molecular weight excluding hydrogens is 332 g/mol. The zero-order valence-electron chi connectivity index (χ0n) is 13.4. The van der Waals surface area contributed by atoms with Crippen LogP contribution >= 0.6 is 0 Å². The van der Waals surface area contributed by atoms with E-state index in [4.69, 9.17) is 9.26 Å². The number of hydrogen-bond donors (Lipinski definition) is 1. The Balaban J connectivity index is 1.71. The average molecular weight is 352 g/mol. The largest absolute Gasteiger partial charge is 0.379 e. The number of hydrogen-bond acceptors (Lipinski definition) is 7. The van der Waals surface area contributed by atoms with E-state index >= 15 is 0 Å². The maximum Gasteiger partial charge on any atom is 0.245 e. The first-order chi connectivity index (χ1) is 11.6. The summed E-state index contributed by atoms with van der Waals surface area (Å²) in [5.74, 6) is 1.11. The number of aromatic nitrogens is 2. The lowest BCUT2D eigenvalue weighted by atomic mass is 10.3. The van der Waals surface area contributed by atoms with Gasteiger partial charge in [-0.1, -0.05) is 18.1 Å². The zero-order valence-corrected chi connectivity index (χ0v) is 14.3. The number of morpholine rings is 1. The van der Waals surface area contributed by atoms with Crippen molar-refractivity contribution in [2.75, 3.05) is 31.6 Å². The van der Waals surface area contributed by atoms with Crippen molar-refractivity contribution in [1.29, 1.82) is 0 Å². The molecule has 2 aromatic rings. The molecule has 1 N–H and O–H groups in total. The number of ether oxygens (including phenoxy) is 1. The maximum atomic E-state index is 12.7. The smallest absolute Gasteiger partial charge is 0.245 e. The molecule has 1 aliphatic heterocycles. The monoisotopic (exact) mass is 352 g/mol. The summed E-state index contributed by atoms with van der Waals surface area (Å²) in [6.07, 6.45) is 0.705. The van der Waals surface area contributed by atoms with Gasteiger partial charge in [-0.25, -0.2) is 8.42 Å². The number of nitrogens with one attached hydrogen (secondary N) is 1. The highest BCUT2D eigenvalue weighted by Gasteiger charge is 2.26. The molecule has 1 aliphatic rings. The summed E-state index contributed by atoms with van der Waals surface area (Å²) in [7, 11) is -3.51. The van der Waals surface area contributed by atoms with E-state index in [9.17, 15) is 8.42 Å². The minimum atomic E-state index is -3.51. The van der Waals surface area contributed by atoms with E-state index in [0.717, 1.165) is 0 Å². The molecule has 0 radical (unpaired) electrons. The highest BCUT2D eigenvalue weighted by atomic mass is 32.2. The van der Waals surface area contributed by atoms with Gasteiger partial charge in [0.2, 0.25) is 15.9 Å². The van der Waals surface area contributed by atoms with Crippen molar-refractivity contribution in [2.24, 2.45) is 0 Å². The first-order valence-corrected chi connectivity index (χ1v) is 9.27. The molecule has 0 spiro atoms. The van der Waals surface area contributed by atoms with Gasteiger partial charge in [0.1, 0.15) is 0 Å². The van der Waals surface area contributed by atoms with Gasteiger partial charge in [0.05, 0.1) is 24.7 Å². The van der Waals surface area contributed by atoms with Gasteiger partial charge in [-0.2, -0.15) is 9.29 Å². The molecule has 0 atom stereocenters. The molecule has 0 aliphatic carbocycles. The predicted molar refractivity (Wildman–Crippen MR) is 87.0 cm³/mol. The van der Waals surface area contributed by atoms with Gasteiger partial charge in [0, 0.05) is 25.2 Å². The van der Waals surface area contributed by atoms with Crippen LogP contribution in [0.15, 0.2) is 33.7 Å². The Morgan fingerprint density at radius 2 is 2.08 bits per heavy atom. The van der Waals surface area contributed by atoms with Crippen LogP contribution in [0.3, 0.4) is 0 Å². The van der Waals surface area contributed by atoms with E-state index in [1.807, 2.05) is 6.92 Å². The van der Waals surface area contributed by atoms with Crippen molar-refractivity contribution < 1.29 is 17.7 Å². The van der Waals surface area contributed by atoms with Gasteiger partial charge >= 0.3 is 0 Å². The minimum absolute atomic E-state index is 0.258. The van der Waals surface area contributed by atoms with E-state index in [0.29, 0.717) is 56.7 Å². The summed E-state index contributed by atoms with van der Waals surface area (Å²) in [6.45, 7) is 3.89. The maximum absolute atomic E-state index is 12.7. The third-order valence-corrected chi connectivity index (χ3v) is 5.61. The Labute approximate surface area is 140 Å². The van der Waals surface area contributed by atoms with E-state index in [-0.39, 0.29) is 4.90 Å². The Morgan fingerprint density at radius 3 is 2.79 bits per heavy atom. The van der Waals surface area contributed by atoms with Crippen molar-refractivity contribution in [2.45, 2.75) is 24.8 Å². The minimum Gasteiger partial charge on any atom is -0.379 e. The molecule has 0 bridgehead atoms. The number of benzene rings is 1. The average Bonchev–Trinajstić information content (AvgIpc) is 3.09. The first kappa shape index (κ1) is 16.9. The highest BCUT2D eigenvalue weighted by molar-refractivity contribution is 7.89. The molecule has 0 amide bonds. The number of sulfonamides is 1. The van der Waals surface area contributed by atoms with Gasteiger partial charge < -0.3 is 14.6 Å². The molecule has 0 unspecified atom stereocenters. The van der Waals surface area contributed by atoms with Gasteiger partial charge in [-0.15, -0.1) is 0 Å². The van der Waals surface area contributed by atoms with Crippen LogP contribution in [0.5, 0.6) is 0 Å². The van der Waals surface area contributed by atoms with Crippen LogP contribution in [0.2, 0.25) is 0 Å². The Morgan fingerprint density at radius 1 is 1.29 bits per heavy atom. The number of rotatable bonds is 6. The zero-order chi connectivity index (χ0) is 17.0. The molecule has 8 nitrogen and oxygen atoms in total. The molecule has 9 heteroatoms. The normalized spacial score (nSPS) is 16.2. The third kappa shape index (κ3) is 3.74. The van der Waals surface area contributed by atoms with Crippen molar-refractivity contribution in [3.05, 3.63) is 36.0 Å². The molecule has 1 aromatic carbocycles. The van der Waals surface area contributed by atoms with Crippen molar-refractivity contribution in [3.63, 3.8) is 0 Å². The fourth-order valence-electron chi connectivity index (χ4n) is 2.39. The molecular formula is C15H20N4O4S. The summed E-state index contributed by atoms with van der Waals surface area (Å²) in [5, 5.41) is 6.93. The van der Waals surface area contributed by atoms with Crippen LogP contribution in [-0.2, 0) is 27.7 Å². The van der Waals surface area contributed by atoms with Gasteiger partial charge in [-0.3, -0.25) is 0 Å². The molecule has 130 valence electrons. The molecule has 2 heterocycles. The van der Waals surface area contributed by atoms with E-state index < -0.39 is 10.0 Å². The number of anilines is 1. The van der Waals surface area contributed by atoms with Crippen LogP contribution in [0.4, 0.5) is 5.69 Å².